The first-order valence-electron chi connectivity index (χ1n) is 8.22. The van der Waals surface area contributed by atoms with Crippen LogP contribution in [-0.4, -0.2) is 18.2 Å². The van der Waals surface area contributed by atoms with Gasteiger partial charge in [-0.15, -0.1) is 0 Å². The molecule has 2 aromatic rings. The zero-order valence-electron chi connectivity index (χ0n) is 15.2. The van der Waals surface area contributed by atoms with Crippen LogP contribution in [0.2, 0.25) is 10.0 Å². The fraction of sp³-hybridized carbons (Fsp3) is 0.300. The largest absolute Gasteiger partial charge is 0.479 e. The number of hydrogen-bond acceptors (Lipinski definition) is 3. The van der Waals surface area contributed by atoms with Crippen molar-refractivity contribution >= 4 is 35.3 Å². The van der Waals surface area contributed by atoms with E-state index in [1.165, 1.54) is 5.56 Å². The molecule has 0 fully saturated rings. The number of nitrogens with one attached hydrogen (secondary N) is 1. The van der Waals surface area contributed by atoms with Crippen molar-refractivity contribution in [3.8, 4) is 5.75 Å². The minimum Gasteiger partial charge on any atom is -0.479 e. The van der Waals surface area contributed by atoms with E-state index in [-0.39, 0.29) is 11.3 Å². The van der Waals surface area contributed by atoms with Crippen LogP contribution in [0.15, 0.2) is 47.6 Å². The highest BCUT2D eigenvalue weighted by Gasteiger charge is 2.16. The normalized spacial score (nSPS) is 12.8. The maximum Gasteiger partial charge on any atom is 0.280 e. The van der Waals surface area contributed by atoms with Crippen LogP contribution in [0.3, 0.4) is 0 Å². The van der Waals surface area contributed by atoms with Gasteiger partial charge in [0.25, 0.3) is 5.91 Å². The minimum atomic E-state index is -0.755. The molecule has 6 heteroatoms. The molecule has 0 aliphatic heterocycles. The van der Waals surface area contributed by atoms with Gasteiger partial charge >= 0.3 is 0 Å². The predicted octanol–water partition coefficient (Wildman–Crippen LogP) is 5.21. The Morgan fingerprint density at radius 1 is 1.15 bits per heavy atom. The predicted molar refractivity (Wildman–Crippen MR) is 107 cm³/mol. The Kier molecular flexibility index (Phi) is 6.68. The van der Waals surface area contributed by atoms with Gasteiger partial charge in [0.15, 0.2) is 6.10 Å². The zero-order chi connectivity index (χ0) is 19.3. The number of carbonyl (C=O) groups is 1. The summed E-state index contributed by atoms with van der Waals surface area (Å²) >= 11 is 11.9. The Morgan fingerprint density at radius 2 is 1.81 bits per heavy atom. The molecule has 4 nitrogen and oxygen atoms in total. The van der Waals surface area contributed by atoms with Gasteiger partial charge in [-0.1, -0.05) is 68.2 Å². The maximum atomic E-state index is 12.1. The van der Waals surface area contributed by atoms with E-state index in [1.54, 1.807) is 31.3 Å². The van der Waals surface area contributed by atoms with Gasteiger partial charge in [-0.2, -0.15) is 5.10 Å². The number of carbonyl (C=O) groups excluding carboxylic acids is 1. The number of amides is 1. The highest BCUT2D eigenvalue weighted by molar-refractivity contribution is 6.35. The summed E-state index contributed by atoms with van der Waals surface area (Å²) in [5.74, 6) is 0.0130. The van der Waals surface area contributed by atoms with E-state index in [9.17, 15) is 4.79 Å². The van der Waals surface area contributed by atoms with E-state index in [0.29, 0.717) is 15.8 Å². The third kappa shape index (κ3) is 5.75. The molecule has 1 atom stereocenters. The van der Waals surface area contributed by atoms with Crippen LogP contribution in [0.4, 0.5) is 0 Å². The number of benzene rings is 2. The maximum absolute atomic E-state index is 12.1. The average Bonchev–Trinajstić information content (AvgIpc) is 2.57. The molecule has 2 rings (SSSR count). The smallest absolute Gasteiger partial charge is 0.280 e. The lowest BCUT2D eigenvalue weighted by atomic mass is 9.87. The molecule has 0 heterocycles. The second kappa shape index (κ2) is 8.56. The summed E-state index contributed by atoms with van der Waals surface area (Å²) in [5.41, 5.74) is 4.69. The molecule has 0 aliphatic carbocycles. The number of hydrazone groups is 1. The van der Waals surface area contributed by atoms with Crippen LogP contribution >= 0.6 is 23.2 Å². The van der Waals surface area contributed by atoms with Gasteiger partial charge in [0.05, 0.1) is 11.2 Å². The Balaban J connectivity index is 1.91. The summed E-state index contributed by atoms with van der Waals surface area (Å²) in [7, 11) is 0. The molecule has 0 saturated carbocycles. The fourth-order valence-electron chi connectivity index (χ4n) is 2.15. The van der Waals surface area contributed by atoms with Crippen molar-refractivity contribution in [1.29, 1.82) is 0 Å². The van der Waals surface area contributed by atoms with Crippen LogP contribution in [0, 0.1) is 0 Å². The molecular weight excluding hydrogens is 371 g/mol. The SMILES string of the molecule is CC(Oc1ccc(Cl)cc1Cl)C(=O)NN=Cc1ccc(C(C)(C)C)cc1. The topological polar surface area (TPSA) is 50.7 Å². The van der Waals surface area contributed by atoms with Crippen molar-refractivity contribution in [2.24, 2.45) is 5.10 Å². The molecule has 2 aromatic carbocycles. The summed E-state index contributed by atoms with van der Waals surface area (Å²) in [5, 5.41) is 4.82. The second-order valence-corrected chi connectivity index (χ2v) is 7.78. The molecule has 0 spiro atoms. The average molecular weight is 393 g/mol. The molecule has 1 unspecified atom stereocenters. The zero-order valence-corrected chi connectivity index (χ0v) is 16.7. The van der Waals surface area contributed by atoms with Crippen LogP contribution in [0.5, 0.6) is 5.75 Å². The third-order valence-corrected chi connectivity index (χ3v) is 4.26. The Bertz CT molecular complexity index is 796. The van der Waals surface area contributed by atoms with Gasteiger partial charge in [-0.05, 0) is 41.7 Å². The van der Waals surface area contributed by atoms with E-state index < -0.39 is 6.10 Å². The number of halogens is 2. The molecule has 138 valence electrons. The third-order valence-electron chi connectivity index (χ3n) is 3.73. The highest BCUT2D eigenvalue weighted by Crippen LogP contribution is 2.28. The number of nitrogens with zero attached hydrogens (tertiary/aromatic N) is 1. The van der Waals surface area contributed by atoms with Gasteiger partial charge in [-0.3, -0.25) is 4.79 Å². The molecule has 1 N–H and O–H groups in total. The van der Waals surface area contributed by atoms with Crippen molar-refractivity contribution < 1.29 is 9.53 Å². The van der Waals surface area contributed by atoms with Crippen LogP contribution in [0.25, 0.3) is 0 Å². The lowest BCUT2D eigenvalue weighted by Crippen LogP contribution is -2.33. The first-order valence-corrected chi connectivity index (χ1v) is 8.97. The molecule has 0 aromatic heterocycles. The first-order chi connectivity index (χ1) is 12.2. The summed E-state index contributed by atoms with van der Waals surface area (Å²) in [6.07, 6.45) is 0.834. The van der Waals surface area contributed by atoms with Gasteiger partial charge in [0, 0.05) is 5.02 Å². The molecule has 0 aliphatic rings. The first kappa shape index (κ1) is 20.3. The Morgan fingerprint density at radius 3 is 2.38 bits per heavy atom. The van der Waals surface area contributed by atoms with Crippen molar-refractivity contribution in [1.82, 2.24) is 5.43 Å². The summed E-state index contributed by atoms with van der Waals surface area (Å²) in [6.45, 7) is 8.09. The standard InChI is InChI=1S/C20H22Cl2N2O2/c1-13(26-18-10-9-16(21)11-17(18)22)19(25)24-23-12-14-5-7-15(8-6-14)20(2,3)4/h5-13H,1-4H3,(H,24,25). The van der Waals surface area contributed by atoms with Crippen molar-refractivity contribution in [2.45, 2.75) is 39.2 Å². The minimum absolute atomic E-state index is 0.0968. The van der Waals surface area contributed by atoms with Gasteiger partial charge in [0.2, 0.25) is 0 Å². The molecular formula is C20H22Cl2N2O2. The monoisotopic (exact) mass is 392 g/mol. The quantitative estimate of drug-likeness (QED) is 0.560. The molecule has 1 amide bonds. The molecule has 0 radical (unpaired) electrons. The van der Waals surface area contributed by atoms with E-state index in [2.05, 4.69) is 43.4 Å². The van der Waals surface area contributed by atoms with Gasteiger partial charge in [0.1, 0.15) is 5.75 Å². The van der Waals surface area contributed by atoms with Crippen LogP contribution in [0.1, 0.15) is 38.8 Å². The number of hydrogen-bond donors (Lipinski definition) is 1. The highest BCUT2D eigenvalue weighted by atomic mass is 35.5. The lowest BCUT2D eigenvalue weighted by Gasteiger charge is -2.18. The van der Waals surface area contributed by atoms with Crippen LogP contribution < -0.4 is 10.2 Å². The number of ether oxygens (including phenoxy) is 1. The van der Waals surface area contributed by atoms with Gasteiger partial charge in [-0.25, -0.2) is 5.43 Å². The molecule has 0 bridgehead atoms. The fourth-order valence-corrected chi connectivity index (χ4v) is 2.60. The van der Waals surface area contributed by atoms with Gasteiger partial charge < -0.3 is 4.74 Å². The summed E-state index contributed by atoms with van der Waals surface area (Å²) < 4.78 is 5.54. The number of rotatable bonds is 5. The van der Waals surface area contributed by atoms with E-state index >= 15 is 0 Å². The van der Waals surface area contributed by atoms with E-state index in [4.69, 9.17) is 27.9 Å². The Labute approximate surface area is 164 Å². The summed E-state index contributed by atoms with van der Waals surface area (Å²) in [6, 6.07) is 12.9. The lowest BCUT2D eigenvalue weighted by molar-refractivity contribution is -0.127. The van der Waals surface area contributed by atoms with Crippen LogP contribution in [-0.2, 0) is 10.2 Å². The second-order valence-electron chi connectivity index (χ2n) is 6.94. The van der Waals surface area contributed by atoms with E-state index in [1.807, 2.05) is 12.1 Å². The molecule has 0 saturated heterocycles. The van der Waals surface area contributed by atoms with Crippen molar-refractivity contribution in [2.75, 3.05) is 0 Å². The van der Waals surface area contributed by atoms with E-state index in [0.717, 1.165) is 5.56 Å². The summed E-state index contributed by atoms with van der Waals surface area (Å²) in [4.78, 5) is 12.1. The Hall–Kier alpha value is -2.04. The van der Waals surface area contributed by atoms with Crippen molar-refractivity contribution in [3.05, 3.63) is 63.6 Å². The molecule has 26 heavy (non-hydrogen) atoms. The van der Waals surface area contributed by atoms with Crippen molar-refractivity contribution in [3.63, 3.8) is 0 Å².